The molecule has 0 aliphatic heterocycles. The molecule has 0 bridgehead atoms. The number of carbonyl (C=O) groups is 1. The fourth-order valence-electron chi connectivity index (χ4n) is 0.573. The van der Waals surface area contributed by atoms with Crippen molar-refractivity contribution in [2.45, 2.75) is 6.55 Å². The molecule has 0 spiro atoms. The van der Waals surface area contributed by atoms with Crippen molar-refractivity contribution in [2.24, 2.45) is 0 Å². The largest absolute Gasteiger partial charge is 0.512 e. The summed E-state index contributed by atoms with van der Waals surface area (Å²) in [6.07, 6.45) is -0.669. The van der Waals surface area contributed by atoms with Crippen LogP contribution >= 0.6 is 0 Å². The summed E-state index contributed by atoms with van der Waals surface area (Å²) in [6, 6.07) is 1.03. The minimum atomic E-state index is -2.80. The number of nitrogens with zero attached hydrogens (tertiary/aromatic N) is 2. The van der Waals surface area contributed by atoms with Gasteiger partial charge in [-0.2, -0.15) is 8.78 Å². The van der Waals surface area contributed by atoms with Gasteiger partial charge in [0.05, 0.1) is 0 Å². The first-order valence-electron chi connectivity index (χ1n) is 2.83. The van der Waals surface area contributed by atoms with E-state index in [1.54, 1.807) is 0 Å². The van der Waals surface area contributed by atoms with Crippen LogP contribution in [0.25, 0.3) is 0 Å². The number of hydrogen-bond donors (Lipinski definition) is 1. The van der Waals surface area contributed by atoms with Gasteiger partial charge in [-0.3, -0.25) is 0 Å². The SMILES string of the molecule is O=C(O)Oc1ccn(C(F)F)n1. The van der Waals surface area contributed by atoms with E-state index in [9.17, 15) is 13.6 Å². The monoisotopic (exact) mass is 178 g/mol. The van der Waals surface area contributed by atoms with Crippen molar-refractivity contribution in [2.75, 3.05) is 0 Å². The molecule has 0 atom stereocenters. The third-order valence-electron chi connectivity index (χ3n) is 0.976. The van der Waals surface area contributed by atoms with E-state index in [1.165, 1.54) is 0 Å². The molecule has 0 aromatic carbocycles. The number of halogens is 2. The van der Waals surface area contributed by atoms with E-state index in [2.05, 4.69) is 9.84 Å². The van der Waals surface area contributed by atoms with E-state index < -0.39 is 12.7 Å². The molecule has 0 amide bonds. The summed E-state index contributed by atoms with van der Waals surface area (Å²) in [5.74, 6) is -0.372. The Labute approximate surface area is 65.2 Å². The molecule has 1 aromatic heterocycles. The zero-order valence-electron chi connectivity index (χ0n) is 5.65. The second-order valence-corrected chi connectivity index (χ2v) is 1.78. The van der Waals surface area contributed by atoms with Crippen LogP contribution in [0.2, 0.25) is 0 Å². The fraction of sp³-hybridized carbons (Fsp3) is 0.200. The highest BCUT2D eigenvalue weighted by Crippen LogP contribution is 2.12. The maximum Gasteiger partial charge on any atom is 0.512 e. The molecule has 0 fully saturated rings. The van der Waals surface area contributed by atoms with Gasteiger partial charge in [0.25, 0.3) is 0 Å². The van der Waals surface area contributed by atoms with E-state index in [4.69, 9.17) is 5.11 Å². The Balaban J connectivity index is 2.70. The van der Waals surface area contributed by atoms with Crippen LogP contribution in [0.3, 0.4) is 0 Å². The number of carboxylic acid groups (broad SMARTS) is 1. The van der Waals surface area contributed by atoms with Gasteiger partial charge in [0.1, 0.15) is 0 Å². The molecule has 1 heterocycles. The number of rotatable bonds is 2. The van der Waals surface area contributed by atoms with Gasteiger partial charge in [0.15, 0.2) is 0 Å². The lowest BCUT2D eigenvalue weighted by Gasteiger charge is -1.95. The molecule has 5 nitrogen and oxygen atoms in total. The average molecular weight is 178 g/mol. The van der Waals surface area contributed by atoms with E-state index in [-0.39, 0.29) is 10.6 Å². The molecule has 66 valence electrons. The van der Waals surface area contributed by atoms with Gasteiger partial charge in [-0.25, -0.2) is 9.48 Å². The fourth-order valence-corrected chi connectivity index (χ4v) is 0.573. The molecule has 1 N–H and O–H groups in total. The minimum absolute atomic E-state index is 0.290. The summed E-state index contributed by atoms with van der Waals surface area (Å²) in [4.78, 5) is 9.89. The highest BCUT2D eigenvalue weighted by atomic mass is 19.3. The van der Waals surface area contributed by atoms with Gasteiger partial charge in [0.2, 0.25) is 5.88 Å². The van der Waals surface area contributed by atoms with E-state index in [0.29, 0.717) is 0 Å². The minimum Gasteiger partial charge on any atom is -0.449 e. The van der Waals surface area contributed by atoms with Crippen LogP contribution < -0.4 is 4.74 Å². The second-order valence-electron chi connectivity index (χ2n) is 1.78. The third-order valence-corrected chi connectivity index (χ3v) is 0.976. The molecule has 0 radical (unpaired) electrons. The van der Waals surface area contributed by atoms with Crippen LogP contribution in [0.1, 0.15) is 6.55 Å². The molecule has 12 heavy (non-hydrogen) atoms. The second kappa shape index (κ2) is 3.16. The lowest BCUT2D eigenvalue weighted by atomic mass is 10.7. The van der Waals surface area contributed by atoms with Crippen LogP contribution in [0.5, 0.6) is 5.88 Å². The van der Waals surface area contributed by atoms with Gasteiger partial charge in [-0.1, -0.05) is 0 Å². The molecule has 1 rings (SSSR count). The average Bonchev–Trinajstić information content (AvgIpc) is 2.34. The molecule has 0 saturated heterocycles. The van der Waals surface area contributed by atoms with E-state index in [0.717, 1.165) is 12.3 Å². The lowest BCUT2D eigenvalue weighted by molar-refractivity contribution is 0.0548. The van der Waals surface area contributed by atoms with Crippen LogP contribution in [0, 0.1) is 0 Å². The van der Waals surface area contributed by atoms with E-state index in [1.807, 2.05) is 0 Å². The molecule has 0 unspecified atom stereocenters. The maximum absolute atomic E-state index is 11.8. The molecule has 7 heteroatoms. The number of alkyl halides is 2. The van der Waals surface area contributed by atoms with Gasteiger partial charge in [-0.15, -0.1) is 5.10 Å². The highest BCUT2D eigenvalue weighted by Gasteiger charge is 2.09. The molecular weight excluding hydrogens is 174 g/mol. The smallest absolute Gasteiger partial charge is 0.449 e. The standard InChI is InChI=1S/C5H4F2N2O3/c6-4(7)9-2-1-3(8-9)12-5(10)11/h1-2,4H,(H,10,11). The number of aromatic nitrogens is 2. The normalized spacial score (nSPS) is 10.2. The summed E-state index contributed by atoms with van der Waals surface area (Å²) in [7, 11) is 0. The van der Waals surface area contributed by atoms with Crippen molar-refractivity contribution in [1.29, 1.82) is 0 Å². The Bertz CT molecular complexity index is 286. The number of hydrogen-bond acceptors (Lipinski definition) is 3. The van der Waals surface area contributed by atoms with Gasteiger partial charge >= 0.3 is 12.7 Å². The Morgan fingerprint density at radius 2 is 2.42 bits per heavy atom. The Kier molecular flexibility index (Phi) is 2.22. The lowest BCUT2D eigenvalue weighted by Crippen LogP contribution is -2.05. The highest BCUT2D eigenvalue weighted by molar-refractivity contribution is 5.60. The quantitative estimate of drug-likeness (QED) is 0.694. The zero-order chi connectivity index (χ0) is 9.14. The first kappa shape index (κ1) is 8.44. The summed E-state index contributed by atoms with van der Waals surface area (Å²) in [5, 5.41) is 11.2. The van der Waals surface area contributed by atoms with Crippen molar-refractivity contribution >= 4 is 6.16 Å². The predicted molar refractivity (Wildman–Crippen MR) is 32.1 cm³/mol. The summed E-state index contributed by atoms with van der Waals surface area (Å²) in [5.41, 5.74) is 0. The van der Waals surface area contributed by atoms with Crippen LogP contribution in [-0.4, -0.2) is 21.0 Å². The number of ether oxygens (including phenoxy) is 1. The Morgan fingerprint density at radius 1 is 1.75 bits per heavy atom. The van der Waals surface area contributed by atoms with Crippen molar-refractivity contribution < 1.29 is 23.4 Å². The predicted octanol–water partition coefficient (Wildman–Crippen LogP) is 1.33. The van der Waals surface area contributed by atoms with E-state index >= 15 is 0 Å². The summed E-state index contributed by atoms with van der Waals surface area (Å²) >= 11 is 0. The summed E-state index contributed by atoms with van der Waals surface area (Å²) in [6.45, 7) is -2.80. The van der Waals surface area contributed by atoms with Gasteiger partial charge in [0, 0.05) is 12.3 Å². The molecule has 1 aromatic rings. The summed E-state index contributed by atoms with van der Waals surface area (Å²) < 4.78 is 27.9. The Morgan fingerprint density at radius 3 is 2.83 bits per heavy atom. The van der Waals surface area contributed by atoms with Crippen LogP contribution in [0.15, 0.2) is 12.3 Å². The molecular formula is C5H4F2N2O3. The first-order chi connectivity index (χ1) is 5.59. The zero-order valence-corrected chi connectivity index (χ0v) is 5.65. The van der Waals surface area contributed by atoms with Gasteiger partial charge in [-0.05, 0) is 0 Å². The molecule has 0 saturated carbocycles. The third kappa shape index (κ3) is 1.91. The maximum atomic E-state index is 11.8. The Hall–Kier alpha value is -1.66. The van der Waals surface area contributed by atoms with Crippen molar-refractivity contribution in [1.82, 2.24) is 9.78 Å². The molecule has 0 aliphatic rings. The first-order valence-corrected chi connectivity index (χ1v) is 2.83. The van der Waals surface area contributed by atoms with Crippen LogP contribution in [-0.2, 0) is 0 Å². The topological polar surface area (TPSA) is 64.3 Å². The van der Waals surface area contributed by atoms with Crippen molar-refractivity contribution in [3.8, 4) is 5.88 Å². The van der Waals surface area contributed by atoms with Crippen molar-refractivity contribution in [3.05, 3.63) is 12.3 Å². The van der Waals surface area contributed by atoms with Crippen LogP contribution in [0.4, 0.5) is 13.6 Å². The van der Waals surface area contributed by atoms with Crippen molar-refractivity contribution in [3.63, 3.8) is 0 Å². The van der Waals surface area contributed by atoms with Gasteiger partial charge < -0.3 is 9.84 Å². The molecule has 0 aliphatic carbocycles.